The average Bonchev–Trinajstić information content (AvgIpc) is 2.85. The molecule has 1 amide bonds. The second-order valence-corrected chi connectivity index (χ2v) is 6.43. The number of nitrogens with zero attached hydrogens (tertiary/aromatic N) is 3. The number of rotatable bonds is 3. The first-order valence-corrected chi connectivity index (χ1v) is 7.34. The number of likely N-dealkylation sites (tertiary alicyclic amines) is 1. The molecule has 1 aromatic rings. The first-order chi connectivity index (χ1) is 9.85. The molecule has 0 unspecified atom stereocenters. The van der Waals surface area contributed by atoms with Gasteiger partial charge in [-0.3, -0.25) is 14.9 Å². The Morgan fingerprint density at radius 2 is 2.24 bits per heavy atom. The third-order valence-electron chi connectivity index (χ3n) is 3.50. The van der Waals surface area contributed by atoms with E-state index < -0.39 is 5.60 Å². The molecule has 0 aliphatic carbocycles. The quantitative estimate of drug-likeness (QED) is 0.924. The fourth-order valence-corrected chi connectivity index (χ4v) is 2.44. The maximum Gasteiger partial charge on any atom is 0.407 e. The maximum absolute atomic E-state index is 11.8. The zero-order valence-electron chi connectivity index (χ0n) is 13.2. The summed E-state index contributed by atoms with van der Waals surface area (Å²) >= 11 is 0. The number of ether oxygens (including phenoxy) is 1. The van der Waals surface area contributed by atoms with Crippen molar-refractivity contribution in [3.8, 4) is 0 Å². The molecule has 0 saturated carbocycles. The lowest BCUT2D eigenvalue weighted by molar-refractivity contribution is 0.0504. The van der Waals surface area contributed by atoms with Gasteiger partial charge in [-0.05, 0) is 34.1 Å². The summed E-state index contributed by atoms with van der Waals surface area (Å²) in [7, 11) is 0. The van der Waals surface area contributed by atoms with Crippen LogP contribution in [0, 0.1) is 0 Å². The van der Waals surface area contributed by atoms with Crippen molar-refractivity contribution in [1.29, 1.82) is 0 Å². The Balaban J connectivity index is 1.85. The van der Waals surface area contributed by atoms with E-state index in [9.17, 15) is 4.79 Å². The molecule has 0 radical (unpaired) electrons. The molecule has 1 N–H and O–H groups in total. The highest BCUT2D eigenvalue weighted by Gasteiger charge is 2.29. The molecule has 1 aliphatic rings. The molecule has 0 aromatic carbocycles. The summed E-state index contributed by atoms with van der Waals surface area (Å²) in [5.41, 5.74) is 0.491. The number of amides is 1. The minimum atomic E-state index is -0.463. The molecule has 1 aliphatic heterocycles. The van der Waals surface area contributed by atoms with E-state index in [0.29, 0.717) is 0 Å². The Bertz CT molecular complexity index is 472. The summed E-state index contributed by atoms with van der Waals surface area (Å²) in [4.78, 5) is 22.5. The summed E-state index contributed by atoms with van der Waals surface area (Å²) in [6.07, 6.45) is 5.75. The lowest BCUT2D eigenvalue weighted by Crippen LogP contribution is -2.40. The number of hydrogen-bond acceptors (Lipinski definition) is 5. The lowest BCUT2D eigenvalue weighted by atomic mass is 10.2. The minimum absolute atomic E-state index is 0.124. The SMILES string of the molecule is C[C@@H](c1cnccn1)N1CC[C@H](NC(=O)OC(C)(C)C)C1. The van der Waals surface area contributed by atoms with Crippen LogP contribution >= 0.6 is 0 Å². The van der Waals surface area contributed by atoms with E-state index in [2.05, 4.69) is 27.1 Å². The number of alkyl carbamates (subject to hydrolysis) is 1. The van der Waals surface area contributed by atoms with Gasteiger partial charge in [-0.1, -0.05) is 0 Å². The third kappa shape index (κ3) is 4.67. The van der Waals surface area contributed by atoms with Gasteiger partial charge in [0.1, 0.15) is 5.60 Å². The third-order valence-corrected chi connectivity index (χ3v) is 3.50. The molecule has 2 atom stereocenters. The van der Waals surface area contributed by atoms with E-state index in [1.807, 2.05) is 20.8 Å². The van der Waals surface area contributed by atoms with Crippen molar-refractivity contribution in [2.24, 2.45) is 0 Å². The lowest BCUT2D eigenvalue weighted by Gasteiger charge is -2.24. The largest absolute Gasteiger partial charge is 0.444 e. The molecule has 2 heterocycles. The van der Waals surface area contributed by atoms with Crippen molar-refractivity contribution in [2.45, 2.75) is 51.8 Å². The van der Waals surface area contributed by atoms with E-state index in [1.54, 1.807) is 18.6 Å². The molecule has 21 heavy (non-hydrogen) atoms. The fraction of sp³-hybridized carbons (Fsp3) is 0.667. The van der Waals surface area contributed by atoms with E-state index in [1.165, 1.54) is 0 Å². The van der Waals surface area contributed by atoms with Crippen LogP contribution in [0.1, 0.15) is 45.9 Å². The predicted molar refractivity (Wildman–Crippen MR) is 79.8 cm³/mol. The first kappa shape index (κ1) is 15.7. The first-order valence-electron chi connectivity index (χ1n) is 7.34. The molecular weight excluding hydrogens is 268 g/mol. The molecule has 1 aromatic heterocycles. The van der Waals surface area contributed by atoms with Crippen LogP contribution in [0.4, 0.5) is 4.79 Å². The van der Waals surface area contributed by atoms with E-state index in [0.717, 1.165) is 25.2 Å². The number of carbonyl (C=O) groups is 1. The fourth-order valence-electron chi connectivity index (χ4n) is 2.44. The number of nitrogens with one attached hydrogen (secondary N) is 1. The smallest absolute Gasteiger partial charge is 0.407 e. The predicted octanol–water partition coefficient (Wildman–Crippen LogP) is 2.14. The summed E-state index contributed by atoms with van der Waals surface area (Å²) < 4.78 is 5.29. The van der Waals surface area contributed by atoms with Crippen LogP contribution in [-0.4, -0.2) is 45.7 Å². The maximum atomic E-state index is 11.8. The Morgan fingerprint density at radius 1 is 1.48 bits per heavy atom. The van der Waals surface area contributed by atoms with Gasteiger partial charge in [0.05, 0.1) is 11.7 Å². The molecule has 0 spiro atoms. The van der Waals surface area contributed by atoms with Gasteiger partial charge in [0.2, 0.25) is 0 Å². The monoisotopic (exact) mass is 292 g/mol. The standard InChI is InChI=1S/C15H24N4O2/c1-11(13-9-16-6-7-17-13)19-8-5-12(10-19)18-14(20)21-15(2,3)4/h6-7,9,11-12H,5,8,10H2,1-4H3,(H,18,20)/t11-,12-/m0/s1. The zero-order valence-corrected chi connectivity index (χ0v) is 13.2. The van der Waals surface area contributed by atoms with E-state index in [4.69, 9.17) is 4.74 Å². The van der Waals surface area contributed by atoms with Gasteiger partial charge in [-0.25, -0.2) is 4.79 Å². The van der Waals surface area contributed by atoms with Crippen LogP contribution in [0.5, 0.6) is 0 Å². The van der Waals surface area contributed by atoms with Crippen molar-refractivity contribution < 1.29 is 9.53 Å². The zero-order chi connectivity index (χ0) is 15.5. The summed E-state index contributed by atoms with van der Waals surface area (Å²) in [5, 5.41) is 2.93. The van der Waals surface area contributed by atoms with Crippen LogP contribution in [0.2, 0.25) is 0 Å². The van der Waals surface area contributed by atoms with Crippen molar-refractivity contribution in [1.82, 2.24) is 20.2 Å². The normalized spacial score (nSPS) is 21.0. The molecule has 1 saturated heterocycles. The second kappa shape index (κ2) is 6.39. The summed E-state index contributed by atoms with van der Waals surface area (Å²) in [5.74, 6) is 0. The molecule has 2 rings (SSSR count). The van der Waals surface area contributed by atoms with Crippen molar-refractivity contribution >= 4 is 6.09 Å². The Labute approximate surface area is 125 Å². The van der Waals surface area contributed by atoms with Crippen LogP contribution in [-0.2, 0) is 4.74 Å². The average molecular weight is 292 g/mol. The van der Waals surface area contributed by atoms with E-state index >= 15 is 0 Å². The van der Waals surface area contributed by atoms with Crippen LogP contribution in [0.25, 0.3) is 0 Å². The van der Waals surface area contributed by atoms with Gasteiger partial charge in [-0.15, -0.1) is 0 Å². The van der Waals surface area contributed by atoms with Gasteiger partial charge in [0.15, 0.2) is 0 Å². The molecule has 6 nitrogen and oxygen atoms in total. The van der Waals surface area contributed by atoms with E-state index in [-0.39, 0.29) is 18.2 Å². The van der Waals surface area contributed by atoms with Crippen molar-refractivity contribution in [2.75, 3.05) is 13.1 Å². The Hall–Kier alpha value is -1.69. The van der Waals surface area contributed by atoms with Crippen LogP contribution in [0.15, 0.2) is 18.6 Å². The number of carbonyl (C=O) groups excluding carboxylic acids is 1. The molecule has 116 valence electrons. The van der Waals surface area contributed by atoms with Crippen LogP contribution in [0.3, 0.4) is 0 Å². The molecular formula is C15H24N4O2. The van der Waals surface area contributed by atoms with Gasteiger partial charge in [0, 0.05) is 37.7 Å². The highest BCUT2D eigenvalue weighted by Crippen LogP contribution is 2.22. The Kier molecular flexibility index (Phi) is 4.77. The van der Waals surface area contributed by atoms with Crippen LogP contribution < -0.4 is 5.32 Å². The van der Waals surface area contributed by atoms with Crippen molar-refractivity contribution in [3.05, 3.63) is 24.3 Å². The summed E-state index contributed by atoms with van der Waals surface area (Å²) in [6.45, 7) is 9.44. The van der Waals surface area contributed by atoms with Gasteiger partial charge in [-0.2, -0.15) is 0 Å². The van der Waals surface area contributed by atoms with Crippen molar-refractivity contribution in [3.63, 3.8) is 0 Å². The number of hydrogen-bond donors (Lipinski definition) is 1. The second-order valence-electron chi connectivity index (χ2n) is 6.43. The highest BCUT2D eigenvalue weighted by atomic mass is 16.6. The topological polar surface area (TPSA) is 67.4 Å². The summed E-state index contributed by atoms with van der Waals surface area (Å²) in [6, 6.07) is 0.322. The van der Waals surface area contributed by atoms with Gasteiger partial charge < -0.3 is 10.1 Å². The van der Waals surface area contributed by atoms with Gasteiger partial charge >= 0.3 is 6.09 Å². The number of aromatic nitrogens is 2. The molecule has 6 heteroatoms. The molecule has 1 fully saturated rings. The molecule has 0 bridgehead atoms. The van der Waals surface area contributed by atoms with Gasteiger partial charge in [0.25, 0.3) is 0 Å². The Morgan fingerprint density at radius 3 is 2.86 bits per heavy atom. The highest BCUT2D eigenvalue weighted by molar-refractivity contribution is 5.68. The minimum Gasteiger partial charge on any atom is -0.444 e.